The summed E-state index contributed by atoms with van der Waals surface area (Å²) in [6.07, 6.45) is 0.851. The zero-order valence-electron chi connectivity index (χ0n) is 17.0. The number of amides is 1. The Kier molecular flexibility index (Phi) is 6.90. The summed E-state index contributed by atoms with van der Waals surface area (Å²) in [5, 5.41) is 4.63. The first-order valence-electron chi connectivity index (χ1n) is 10.1. The van der Waals surface area contributed by atoms with Crippen LogP contribution >= 0.6 is 27.3 Å². The number of piperidine rings is 1. The number of nitrogens with zero attached hydrogens (tertiary/aromatic N) is 1. The highest BCUT2D eigenvalue weighted by molar-refractivity contribution is 9.10. The lowest BCUT2D eigenvalue weighted by molar-refractivity contribution is -0.120. The maximum absolute atomic E-state index is 13.0. The molecule has 2 heterocycles. The second-order valence-electron chi connectivity index (χ2n) is 7.48. The number of rotatable bonds is 6. The minimum absolute atomic E-state index is 0.181. The van der Waals surface area contributed by atoms with Gasteiger partial charge in [0.1, 0.15) is 4.21 Å². The van der Waals surface area contributed by atoms with Crippen LogP contribution in [0.3, 0.4) is 0 Å². The lowest BCUT2D eigenvalue weighted by atomic mass is 9.96. The van der Waals surface area contributed by atoms with E-state index in [1.54, 1.807) is 60.0 Å². The van der Waals surface area contributed by atoms with E-state index >= 15 is 0 Å². The second kappa shape index (κ2) is 9.66. The van der Waals surface area contributed by atoms with Crippen LogP contribution in [0.2, 0.25) is 0 Å². The summed E-state index contributed by atoms with van der Waals surface area (Å²) < 4.78 is 27.9. The van der Waals surface area contributed by atoms with Crippen LogP contribution in [-0.4, -0.2) is 37.5 Å². The van der Waals surface area contributed by atoms with Gasteiger partial charge in [-0.25, -0.2) is 8.42 Å². The molecule has 0 aliphatic carbocycles. The van der Waals surface area contributed by atoms with E-state index in [9.17, 15) is 18.0 Å². The number of hydrogen-bond acceptors (Lipinski definition) is 5. The van der Waals surface area contributed by atoms with Crippen molar-refractivity contribution in [3.63, 3.8) is 0 Å². The minimum atomic E-state index is -3.51. The first-order chi connectivity index (χ1) is 15.4. The van der Waals surface area contributed by atoms with Gasteiger partial charge in [0.2, 0.25) is 5.91 Å². The van der Waals surface area contributed by atoms with Crippen molar-refractivity contribution >= 4 is 54.7 Å². The first kappa shape index (κ1) is 22.8. The molecular weight excluding hydrogens is 512 g/mol. The number of nitrogens with one attached hydrogen (secondary N) is 1. The van der Waals surface area contributed by atoms with Gasteiger partial charge in [0.15, 0.2) is 5.78 Å². The van der Waals surface area contributed by atoms with E-state index < -0.39 is 10.0 Å². The third-order valence-electron chi connectivity index (χ3n) is 5.43. The molecule has 0 spiro atoms. The summed E-state index contributed by atoms with van der Waals surface area (Å²) in [5.74, 6) is -0.713. The lowest BCUT2D eigenvalue weighted by Crippen LogP contribution is -2.41. The Morgan fingerprint density at radius 2 is 1.72 bits per heavy atom. The number of anilines is 1. The van der Waals surface area contributed by atoms with Crippen LogP contribution in [0, 0.1) is 5.92 Å². The third kappa shape index (κ3) is 4.85. The molecule has 1 aliphatic rings. The van der Waals surface area contributed by atoms with Crippen LogP contribution in [0.5, 0.6) is 0 Å². The predicted octanol–water partition coefficient (Wildman–Crippen LogP) is 4.78. The molecule has 0 radical (unpaired) electrons. The Bertz CT molecular complexity index is 1220. The van der Waals surface area contributed by atoms with Gasteiger partial charge in [-0.2, -0.15) is 4.31 Å². The number of ketones is 1. The monoisotopic (exact) mass is 532 g/mol. The van der Waals surface area contributed by atoms with Crippen molar-refractivity contribution in [2.24, 2.45) is 5.92 Å². The van der Waals surface area contributed by atoms with Crippen LogP contribution in [0.25, 0.3) is 0 Å². The molecule has 1 aliphatic heterocycles. The average molecular weight is 533 g/mol. The molecule has 1 amide bonds. The normalized spacial score (nSPS) is 15.4. The van der Waals surface area contributed by atoms with Gasteiger partial charge in [0, 0.05) is 34.6 Å². The molecule has 4 rings (SSSR count). The van der Waals surface area contributed by atoms with Crippen LogP contribution in [0.15, 0.2) is 74.7 Å². The SMILES string of the molecule is O=C(c1ccccc1)c1cc(Br)ccc1NC(=O)C1CCN(S(=O)(=O)c2cccs2)CC1. The van der Waals surface area contributed by atoms with Crippen molar-refractivity contribution in [1.82, 2.24) is 4.31 Å². The van der Waals surface area contributed by atoms with Crippen molar-refractivity contribution in [3.8, 4) is 0 Å². The van der Waals surface area contributed by atoms with Gasteiger partial charge < -0.3 is 5.32 Å². The van der Waals surface area contributed by atoms with Crippen LogP contribution in [0.4, 0.5) is 5.69 Å². The maximum Gasteiger partial charge on any atom is 0.252 e. The molecule has 3 aromatic rings. The lowest BCUT2D eigenvalue weighted by Gasteiger charge is -2.30. The molecule has 1 saturated heterocycles. The quantitative estimate of drug-likeness (QED) is 0.463. The Hall–Kier alpha value is -2.33. The molecule has 9 heteroatoms. The van der Waals surface area contributed by atoms with Gasteiger partial charge in [-0.05, 0) is 42.5 Å². The molecule has 6 nitrogen and oxygen atoms in total. The van der Waals surface area contributed by atoms with Gasteiger partial charge in [-0.3, -0.25) is 9.59 Å². The summed E-state index contributed by atoms with van der Waals surface area (Å²) >= 11 is 4.59. The Morgan fingerprint density at radius 1 is 1.00 bits per heavy atom. The number of carbonyl (C=O) groups excluding carboxylic acids is 2. The van der Waals surface area contributed by atoms with Gasteiger partial charge in [-0.15, -0.1) is 11.3 Å². The number of carbonyl (C=O) groups is 2. The van der Waals surface area contributed by atoms with Crippen molar-refractivity contribution in [2.75, 3.05) is 18.4 Å². The Morgan fingerprint density at radius 3 is 2.38 bits per heavy atom. The van der Waals surface area contributed by atoms with E-state index in [4.69, 9.17) is 0 Å². The molecule has 0 unspecified atom stereocenters. The van der Waals surface area contributed by atoms with E-state index in [2.05, 4.69) is 21.2 Å². The van der Waals surface area contributed by atoms with Gasteiger partial charge in [0.25, 0.3) is 10.0 Å². The van der Waals surface area contributed by atoms with Gasteiger partial charge >= 0.3 is 0 Å². The van der Waals surface area contributed by atoms with Crippen molar-refractivity contribution in [3.05, 3.63) is 81.6 Å². The highest BCUT2D eigenvalue weighted by Gasteiger charge is 2.33. The molecule has 32 heavy (non-hydrogen) atoms. The molecule has 2 aromatic carbocycles. The molecule has 0 atom stereocenters. The molecule has 166 valence electrons. The molecule has 1 aromatic heterocycles. The Labute approximate surface area is 199 Å². The number of sulfonamides is 1. The highest BCUT2D eigenvalue weighted by atomic mass is 79.9. The Balaban J connectivity index is 1.46. The van der Waals surface area contributed by atoms with Crippen LogP contribution in [-0.2, 0) is 14.8 Å². The summed E-state index contributed by atoms with van der Waals surface area (Å²) in [6, 6.07) is 17.4. The summed E-state index contributed by atoms with van der Waals surface area (Å²) in [7, 11) is -3.51. The zero-order chi connectivity index (χ0) is 22.7. The molecule has 0 bridgehead atoms. The highest BCUT2D eigenvalue weighted by Crippen LogP contribution is 2.29. The molecular formula is C23H21BrN2O4S2. The fraction of sp³-hybridized carbons (Fsp3) is 0.217. The largest absolute Gasteiger partial charge is 0.325 e. The minimum Gasteiger partial charge on any atom is -0.325 e. The van der Waals surface area contributed by atoms with E-state index in [1.807, 2.05) is 6.07 Å². The van der Waals surface area contributed by atoms with Crippen molar-refractivity contribution in [2.45, 2.75) is 17.1 Å². The van der Waals surface area contributed by atoms with Gasteiger partial charge in [-0.1, -0.05) is 52.3 Å². The van der Waals surface area contributed by atoms with Gasteiger partial charge in [0.05, 0.1) is 5.69 Å². The van der Waals surface area contributed by atoms with Crippen molar-refractivity contribution < 1.29 is 18.0 Å². The zero-order valence-corrected chi connectivity index (χ0v) is 20.3. The molecule has 1 N–H and O–H groups in total. The number of halogens is 1. The molecule has 0 saturated carbocycles. The first-order valence-corrected chi connectivity index (χ1v) is 13.2. The number of benzene rings is 2. The standard InChI is InChI=1S/C23H21BrN2O4S2/c24-18-8-9-20(19(15-18)22(27)16-5-2-1-3-6-16)25-23(28)17-10-12-26(13-11-17)32(29,30)21-7-4-14-31-21/h1-9,14-15,17H,10-13H2,(H,25,28). The number of hydrogen-bond donors (Lipinski definition) is 1. The topological polar surface area (TPSA) is 83.6 Å². The van der Waals surface area contributed by atoms with Crippen LogP contribution in [0.1, 0.15) is 28.8 Å². The van der Waals surface area contributed by atoms with Crippen LogP contribution < -0.4 is 5.32 Å². The van der Waals surface area contributed by atoms with E-state index in [1.165, 1.54) is 15.6 Å². The van der Waals surface area contributed by atoms with E-state index in [0.717, 1.165) is 4.47 Å². The van der Waals surface area contributed by atoms with E-state index in [0.29, 0.717) is 33.9 Å². The predicted molar refractivity (Wildman–Crippen MR) is 128 cm³/mol. The summed E-state index contributed by atoms with van der Waals surface area (Å²) in [6.45, 7) is 0.572. The fourth-order valence-corrected chi connectivity index (χ4v) is 6.66. The fourth-order valence-electron chi connectivity index (χ4n) is 3.69. The molecule has 1 fully saturated rings. The second-order valence-corrected chi connectivity index (χ2v) is 11.5. The van der Waals surface area contributed by atoms with Crippen molar-refractivity contribution in [1.29, 1.82) is 0 Å². The summed E-state index contributed by atoms with van der Waals surface area (Å²) in [5.41, 5.74) is 1.38. The van der Waals surface area contributed by atoms with E-state index in [-0.39, 0.29) is 30.7 Å². The number of thiophene rings is 1. The average Bonchev–Trinajstić information content (AvgIpc) is 3.36. The third-order valence-corrected chi connectivity index (χ3v) is 9.20. The maximum atomic E-state index is 13.0. The summed E-state index contributed by atoms with van der Waals surface area (Å²) in [4.78, 5) is 25.9. The smallest absolute Gasteiger partial charge is 0.252 e.